The molecule has 3 N–H and O–H groups in total. The topological polar surface area (TPSA) is 87.7 Å². The van der Waals surface area contributed by atoms with Crippen molar-refractivity contribution in [1.82, 2.24) is 5.32 Å². The van der Waals surface area contributed by atoms with E-state index in [-0.39, 0.29) is 0 Å². The second-order valence-corrected chi connectivity index (χ2v) is 5.44. The predicted octanol–water partition coefficient (Wildman–Crippen LogP) is 2.76. The Morgan fingerprint density at radius 3 is 2.71 bits per heavy atom. The van der Waals surface area contributed by atoms with E-state index in [1.54, 1.807) is 19.2 Å². The highest BCUT2D eigenvalue weighted by Crippen LogP contribution is 2.20. The highest BCUT2D eigenvalue weighted by molar-refractivity contribution is 9.10. The largest absolute Gasteiger partial charge is 0.480 e. The van der Waals surface area contributed by atoms with Gasteiger partial charge in [-0.15, -0.1) is 0 Å². The van der Waals surface area contributed by atoms with Gasteiger partial charge < -0.3 is 20.5 Å². The van der Waals surface area contributed by atoms with Crippen LogP contribution in [0, 0.1) is 6.92 Å². The van der Waals surface area contributed by atoms with Crippen LogP contribution in [0.15, 0.2) is 22.7 Å². The third-order valence-corrected chi connectivity index (χ3v) is 3.73. The van der Waals surface area contributed by atoms with Crippen LogP contribution < -0.4 is 10.6 Å². The molecule has 0 spiro atoms. The van der Waals surface area contributed by atoms with Gasteiger partial charge in [0, 0.05) is 23.9 Å². The molecule has 0 aromatic heterocycles. The Bertz CT molecular complexity index is 508. The van der Waals surface area contributed by atoms with E-state index in [1.165, 1.54) is 0 Å². The number of ether oxygens (including phenoxy) is 1. The van der Waals surface area contributed by atoms with Crippen molar-refractivity contribution in [3.8, 4) is 0 Å². The number of amides is 2. The zero-order valence-electron chi connectivity index (χ0n) is 12.0. The van der Waals surface area contributed by atoms with Gasteiger partial charge in [-0.3, -0.25) is 0 Å². The van der Waals surface area contributed by atoms with E-state index in [1.807, 2.05) is 13.0 Å². The molecule has 1 rings (SSSR count). The maximum absolute atomic E-state index is 11.8. The Morgan fingerprint density at radius 1 is 1.43 bits per heavy atom. The van der Waals surface area contributed by atoms with E-state index in [4.69, 9.17) is 9.84 Å². The van der Waals surface area contributed by atoms with Crippen LogP contribution in [-0.2, 0) is 9.53 Å². The van der Waals surface area contributed by atoms with Gasteiger partial charge in [0.1, 0.15) is 6.04 Å². The van der Waals surface area contributed by atoms with E-state index in [9.17, 15) is 9.59 Å². The monoisotopic (exact) mass is 358 g/mol. The first kappa shape index (κ1) is 17.5. The van der Waals surface area contributed by atoms with Crippen molar-refractivity contribution in [3.63, 3.8) is 0 Å². The first-order valence-corrected chi connectivity index (χ1v) is 7.28. The summed E-state index contributed by atoms with van der Waals surface area (Å²) in [5.41, 5.74) is 1.63. The molecule has 21 heavy (non-hydrogen) atoms. The Labute approximate surface area is 132 Å². The van der Waals surface area contributed by atoms with Crippen molar-refractivity contribution < 1.29 is 19.4 Å². The van der Waals surface area contributed by atoms with E-state index >= 15 is 0 Å². The fourth-order valence-corrected chi connectivity index (χ4v) is 2.06. The lowest BCUT2D eigenvalue weighted by Gasteiger charge is -2.15. The second-order valence-electron chi connectivity index (χ2n) is 4.59. The highest BCUT2D eigenvalue weighted by atomic mass is 79.9. The number of nitrogens with one attached hydrogen (secondary N) is 2. The maximum atomic E-state index is 11.8. The average Bonchev–Trinajstić information content (AvgIpc) is 2.42. The number of carbonyl (C=O) groups excluding carboxylic acids is 1. The minimum atomic E-state index is -1.06. The number of aliphatic carboxylic acids is 1. The quantitative estimate of drug-likeness (QED) is 0.654. The summed E-state index contributed by atoms with van der Waals surface area (Å²) in [7, 11) is 1.55. The lowest BCUT2D eigenvalue weighted by Crippen LogP contribution is -2.43. The molecule has 0 aliphatic carbocycles. The van der Waals surface area contributed by atoms with E-state index in [2.05, 4.69) is 26.6 Å². The van der Waals surface area contributed by atoms with Gasteiger partial charge in [-0.05, 0) is 37.5 Å². The van der Waals surface area contributed by atoms with Crippen molar-refractivity contribution in [2.75, 3.05) is 19.0 Å². The van der Waals surface area contributed by atoms with Gasteiger partial charge in [-0.25, -0.2) is 9.59 Å². The Kier molecular flexibility index (Phi) is 7.18. The number of aryl methyl sites for hydroxylation is 1. The summed E-state index contributed by atoms with van der Waals surface area (Å²) in [6, 6.07) is 3.88. The van der Waals surface area contributed by atoms with Gasteiger partial charge >= 0.3 is 12.0 Å². The summed E-state index contributed by atoms with van der Waals surface area (Å²) >= 11 is 3.37. The summed E-state index contributed by atoms with van der Waals surface area (Å²) < 4.78 is 5.74. The normalized spacial score (nSPS) is 11.8. The zero-order valence-corrected chi connectivity index (χ0v) is 13.6. The molecule has 1 aromatic rings. The summed E-state index contributed by atoms with van der Waals surface area (Å²) in [4.78, 5) is 22.9. The number of rotatable bonds is 7. The Balaban J connectivity index is 2.56. The smallest absolute Gasteiger partial charge is 0.326 e. The number of anilines is 1. The fraction of sp³-hybridized carbons (Fsp3) is 0.429. The van der Waals surface area contributed by atoms with E-state index in [0.717, 1.165) is 10.0 Å². The van der Waals surface area contributed by atoms with Crippen molar-refractivity contribution >= 4 is 33.6 Å². The number of hydrogen-bond acceptors (Lipinski definition) is 3. The average molecular weight is 359 g/mol. The second kappa shape index (κ2) is 8.63. The third-order valence-electron chi connectivity index (χ3n) is 2.87. The van der Waals surface area contributed by atoms with E-state index in [0.29, 0.717) is 25.1 Å². The van der Waals surface area contributed by atoms with Crippen LogP contribution in [0.3, 0.4) is 0 Å². The van der Waals surface area contributed by atoms with Gasteiger partial charge in [0.15, 0.2) is 0 Å². The van der Waals surface area contributed by atoms with Crippen LogP contribution in [0.4, 0.5) is 10.5 Å². The molecule has 0 aliphatic rings. The first-order valence-electron chi connectivity index (χ1n) is 6.49. The standard InChI is InChI=1S/C14H19BrN2O4/c1-9-5-6-10(8-11(9)15)16-14(20)17-12(13(18)19)4-3-7-21-2/h5-6,8,12H,3-4,7H2,1-2H3,(H,18,19)(H2,16,17,20). The molecule has 0 saturated carbocycles. The number of urea groups is 1. The molecular formula is C14H19BrN2O4. The molecule has 2 amide bonds. The number of carboxylic acids is 1. The predicted molar refractivity (Wildman–Crippen MR) is 83.6 cm³/mol. The van der Waals surface area contributed by atoms with Crippen molar-refractivity contribution in [1.29, 1.82) is 0 Å². The van der Waals surface area contributed by atoms with Gasteiger partial charge in [-0.2, -0.15) is 0 Å². The molecular weight excluding hydrogens is 340 g/mol. The molecule has 0 radical (unpaired) electrons. The number of halogens is 1. The molecule has 116 valence electrons. The number of carboxylic acid groups (broad SMARTS) is 1. The fourth-order valence-electron chi connectivity index (χ4n) is 1.69. The molecule has 0 fully saturated rings. The SMILES string of the molecule is COCCCC(NC(=O)Nc1ccc(C)c(Br)c1)C(=O)O. The lowest BCUT2D eigenvalue weighted by atomic mass is 10.1. The van der Waals surface area contributed by atoms with Crippen molar-refractivity contribution in [2.24, 2.45) is 0 Å². The van der Waals surface area contributed by atoms with Crippen LogP contribution in [0.25, 0.3) is 0 Å². The molecule has 7 heteroatoms. The minimum Gasteiger partial charge on any atom is -0.480 e. The van der Waals surface area contributed by atoms with Crippen molar-refractivity contribution in [3.05, 3.63) is 28.2 Å². The number of hydrogen-bond donors (Lipinski definition) is 3. The van der Waals surface area contributed by atoms with Gasteiger partial charge in [0.25, 0.3) is 0 Å². The number of methoxy groups -OCH3 is 1. The third kappa shape index (κ3) is 6.14. The molecule has 0 bridgehead atoms. The molecule has 1 unspecified atom stereocenters. The summed E-state index contributed by atoms with van der Waals surface area (Å²) in [6.45, 7) is 2.39. The molecule has 0 aliphatic heterocycles. The van der Waals surface area contributed by atoms with Gasteiger partial charge in [-0.1, -0.05) is 22.0 Å². The summed E-state index contributed by atoms with van der Waals surface area (Å²) in [5, 5.41) is 14.1. The molecule has 6 nitrogen and oxygen atoms in total. The number of benzene rings is 1. The Hall–Kier alpha value is -1.60. The molecule has 0 heterocycles. The van der Waals surface area contributed by atoms with Crippen LogP contribution >= 0.6 is 15.9 Å². The van der Waals surface area contributed by atoms with Crippen molar-refractivity contribution in [2.45, 2.75) is 25.8 Å². The Morgan fingerprint density at radius 2 is 2.14 bits per heavy atom. The van der Waals surface area contributed by atoms with Crippen LogP contribution in [0.2, 0.25) is 0 Å². The minimum absolute atomic E-state index is 0.314. The van der Waals surface area contributed by atoms with Gasteiger partial charge in [0.2, 0.25) is 0 Å². The first-order chi connectivity index (χ1) is 9.93. The van der Waals surface area contributed by atoms with Crippen LogP contribution in [-0.4, -0.2) is 36.9 Å². The summed E-state index contributed by atoms with van der Waals surface area (Å²) in [5.74, 6) is -1.06. The maximum Gasteiger partial charge on any atom is 0.326 e. The highest BCUT2D eigenvalue weighted by Gasteiger charge is 2.19. The lowest BCUT2D eigenvalue weighted by molar-refractivity contribution is -0.139. The van der Waals surface area contributed by atoms with Crippen LogP contribution in [0.1, 0.15) is 18.4 Å². The number of carbonyl (C=O) groups is 2. The van der Waals surface area contributed by atoms with Gasteiger partial charge in [0.05, 0.1) is 0 Å². The van der Waals surface area contributed by atoms with E-state index < -0.39 is 18.0 Å². The van der Waals surface area contributed by atoms with Crippen LogP contribution in [0.5, 0.6) is 0 Å². The molecule has 1 atom stereocenters. The zero-order chi connectivity index (χ0) is 15.8. The molecule has 1 aromatic carbocycles. The molecule has 0 saturated heterocycles. The summed E-state index contributed by atoms with van der Waals surface area (Å²) in [6.07, 6.45) is 0.873.